The highest BCUT2D eigenvalue weighted by Gasteiger charge is 2.15. The van der Waals surface area contributed by atoms with Crippen LogP contribution in [-0.2, 0) is 0 Å². The van der Waals surface area contributed by atoms with Crippen molar-refractivity contribution in [1.29, 1.82) is 5.41 Å². The summed E-state index contributed by atoms with van der Waals surface area (Å²) >= 11 is 0. The molecule has 0 amide bonds. The monoisotopic (exact) mass is 218 g/mol. The maximum Gasteiger partial charge on any atom is 0.163 e. The molecule has 0 aromatic carbocycles. The van der Waals surface area contributed by atoms with Gasteiger partial charge in [0.25, 0.3) is 0 Å². The molecule has 0 aliphatic heterocycles. The van der Waals surface area contributed by atoms with Crippen LogP contribution in [-0.4, -0.2) is 24.5 Å². The average Bonchev–Trinajstić information content (AvgIpc) is 2.26. The smallest absolute Gasteiger partial charge is 0.163 e. The van der Waals surface area contributed by atoms with Gasteiger partial charge in [-0.05, 0) is 31.2 Å². The topological polar surface area (TPSA) is 61.1 Å². The number of nitrogens with zero attached hydrogens (tertiary/aromatic N) is 2. The molecule has 0 fully saturated rings. The van der Waals surface area contributed by atoms with E-state index in [1.165, 1.54) is 0 Å². The minimum absolute atomic E-state index is 0.325. The summed E-state index contributed by atoms with van der Waals surface area (Å²) in [6.07, 6.45) is 0. The molecule has 0 aliphatic carbocycles. The molecule has 0 radical (unpaired) electrons. The van der Waals surface area contributed by atoms with E-state index in [4.69, 9.17) is 5.41 Å². The number of aliphatic imine (C=N–C) groups is 1. The molecule has 16 heavy (non-hydrogen) atoms. The fourth-order valence-electron chi connectivity index (χ4n) is 1.63. The molecule has 0 saturated carbocycles. The number of nitrogens with one attached hydrogen (secondary N) is 2. The number of aromatic nitrogens is 1. The Morgan fingerprint density at radius 2 is 2.19 bits per heavy atom. The Hall–Kier alpha value is -1.71. The second-order valence-corrected chi connectivity index (χ2v) is 3.98. The van der Waals surface area contributed by atoms with Gasteiger partial charge in [0, 0.05) is 18.3 Å². The van der Waals surface area contributed by atoms with E-state index in [1.807, 2.05) is 13.1 Å². The van der Waals surface area contributed by atoms with Gasteiger partial charge in [0.1, 0.15) is 5.82 Å². The molecule has 0 spiro atoms. The molecule has 4 nitrogen and oxygen atoms in total. The lowest BCUT2D eigenvalue weighted by Crippen LogP contribution is -2.06. The number of anilines is 1. The Bertz CT molecular complexity index is 421. The van der Waals surface area contributed by atoms with Crippen LogP contribution in [0.5, 0.6) is 0 Å². The van der Waals surface area contributed by atoms with E-state index in [0.717, 1.165) is 16.9 Å². The summed E-state index contributed by atoms with van der Waals surface area (Å²) in [5.74, 6) is 1.62. The summed E-state index contributed by atoms with van der Waals surface area (Å²) in [5, 5.41) is 10.8. The molecule has 0 saturated heterocycles. The van der Waals surface area contributed by atoms with Gasteiger partial charge in [0.2, 0.25) is 0 Å². The summed E-state index contributed by atoms with van der Waals surface area (Å²) < 4.78 is 0. The van der Waals surface area contributed by atoms with Gasteiger partial charge in [0.05, 0.1) is 0 Å². The first-order valence-electron chi connectivity index (χ1n) is 5.26. The molecular weight excluding hydrogens is 200 g/mol. The molecular formula is C12H18N4. The quantitative estimate of drug-likeness (QED) is 0.763. The van der Waals surface area contributed by atoms with Crippen molar-refractivity contribution in [3.8, 4) is 0 Å². The van der Waals surface area contributed by atoms with E-state index in [0.29, 0.717) is 17.4 Å². The second-order valence-electron chi connectivity index (χ2n) is 3.98. The zero-order valence-electron chi connectivity index (χ0n) is 10.3. The summed E-state index contributed by atoms with van der Waals surface area (Å²) in [6.45, 7) is 9.44. The Balaban J connectivity index is 3.53. The Kier molecular flexibility index (Phi) is 3.77. The van der Waals surface area contributed by atoms with Gasteiger partial charge in [-0.2, -0.15) is 0 Å². The Morgan fingerprint density at radius 1 is 1.56 bits per heavy atom. The van der Waals surface area contributed by atoms with Gasteiger partial charge in [-0.3, -0.25) is 0 Å². The first-order valence-corrected chi connectivity index (χ1v) is 5.26. The minimum atomic E-state index is 0.325. The predicted octanol–water partition coefficient (Wildman–Crippen LogP) is 2.97. The fourth-order valence-corrected chi connectivity index (χ4v) is 1.63. The van der Waals surface area contributed by atoms with Crippen molar-refractivity contribution in [2.45, 2.75) is 26.7 Å². The van der Waals surface area contributed by atoms with Crippen molar-refractivity contribution in [1.82, 2.24) is 4.98 Å². The summed E-state index contributed by atoms with van der Waals surface area (Å²) in [4.78, 5) is 8.19. The van der Waals surface area contributed by atoms with Crippen LogP contribution in [0.4, 0.5) is 11.6 Å². The van der Waals surface area contributed by atoms with E-state index in [1.54, 1.807) is 6.92 Å². The van der Waals surface area contributed by atoms with Crippen LogP contribution >= 0.6 is 0 Å². The molecule has 1 aromatic rings. The van der Waals surface area contributed by atoms with E-state index in [2.05, 4.69) is 35.9 Å². The highest BCUT2D eigenvalue weighted by Crippen LogP contribution is 2.29. The van der Waals surface area contributed by atoms with Crippen molar-refractivity contribution in [2.75, 3.05) is 12.4 Å². The van der Waals surface area contributed by atoms with Gasteiger partial charge in [-0.15, -0.1) is 0 Å². The molecule has 0 unspecified atom stereocenters. The summed E-state index contributed by atoms with van der Waals surface area (Å²) in [7, 11) is 1.82. The van der Waals surface area contributed by atoms with Gasteiger partial charge in [0.15, 0.2) is 5.82 Å². The Morgan fingerprint density at radius 3 is 2.56 bits per heavy atom. The molecule has 0 atom stereocenters. The maximum atomic E-state index is 7.79. The lowest BCUT2D eigenvalue weighted by atomic mass is 9.95. The number of hydrogen-bond acceptors (Lipinski definition) is 4. The second kappa shape index (κ2) is 4.88. The molecule has 86 valence electrons. The van der Waals surface area contributed by atoms with Crippen LogP contribution in [0.1, 0.15) is 37.8 Å². The van der Waals surface area contributed by atoms with Crippen molar-refractivity contribution in [3.05, 3.63) is 17.2 Å². The van der Waals surface area contributed by atoms with Gasteiger partial charge >= 0.3 is 0 Å². The molecule has 0 aliphatic rings. The van der Waals surface area contributed by atoms with Crippen LogP contribution in [0.25, 0.3) is 0 Å². The van der Waals surface area contributed by atoms with Crippen LogP contribution in [0.15, 0.2) is 11.1 Å². The molecule has 1 rings (SSSR count). The molecule has 1 heterocycles. The van der Waals surface area contributed by atoms with Crippen molar-refractivity contribution >= 4 is 24.1 Å². The standard InChI is InChI=1S/C12H18N4/c1-7(2)9-6-10(14-4)16-12(15-5)11(9)8(3)13/h6-7,13H,5H2,1-4H3,(H,14,16). The first-order chi connectivity index (χ1) is 7.51. The summed E-state index contributed by atoms with van der Waals surface area (Å²) in [6, 6.07) is 1.96. The van der Waals surface area contributed by atoms with Gasteiger partial charge in [-0.25, -0.2) is 9.98 Å². The largest absolute Gasteiger partial charge is 0.373 e. The zero-order chi connectivity index (χ0) is 12.3. The number of rotatable bonds is 4. The number of hydrogen-bond donors (Lipinski definition) is 2. The molecule has 2 N–H and O–H groups in total. The van der Waals surface area contributed by atoms with E-state index in [9.17, 15) is 0 Å². The van der Waals surface area contributed by atoms with Crippen LogP contribution in [0.3, 0.4) is 0 Å². The predicted molar refractivity (Wildman–Crippen MR) is 69.6 cm³/mol. The van der Waals surface area contributed by atoms with Crippen molar-refractivity contribution in [3.63, 3.8) is 0 Å². The normalized spacial score (nSPS) is 10.3. The highest BCUT2D eigenvalue weighted by molar-refractivity contribution is 6.02. The van der Waals surface area contributed by atoms with Crippen molar-refractivity contribution in [2.24, 2.45) is 4.99 Å². The fraction of sp³-hybridized carbons (Fsp3) is 0.417. The lowest BCUT2D eigenvalue weighted by Gasteiger charge is -2.15. The lowest BCUT2D eigenvalue weighted by molar-refractivity contribution is 0.860. The molecule has 4 heteroatoms. The maximum absolute atomic E-state index is 7.79. The molecule has 1 aromatic heterocycles. The Labute approximate surface area is 96.3 Å². The van der Waals surface area contributed by atoms with Crippen molar-refractivity contribution < 1.29 is 0 Å². The van der Waals surface area contributed by atoms with Crippen LogP contribution in [0.2, 0.25) is 0 Å². The number of pyridine rings is 1. The third kappa shape index (κ3) is 2.27. The first kappa shape index (κ1) is 12.4. The van der Waals surface area contributed by atoms with Gasteiger partial charge in [-0.1, -0.05) is 13.8 Å². The van der Waals surface area contributed by atoms with Gasteiger partial charge < -0.3 is 10.7 Å². The zero-order valence-corrected chi connectivity index (χ0v) is 10.3. The average molecular weight is 218 g/mol. The van der Waals surface area contributed by atoms with E-state index >= 15 is 0 Å². The third-order valence-electron chi connectivity index (χ3n) is 2.43. The third-order valence-corrected chi connectivity index (χ3v) is 2.43. The van der Waals surface area contributed by atoms with E-state index < -0.39 is 0 Å². The SMILES string of the molecule is C=Nc1nc(NC)cc(C(C)C)c1C(C)=N. The minimum Gasteiger partial charge on any atom is -0.373 e. The van der Waals surface area contributed by atoms with E-state index in [-0.39, 0.29) is 0 Å². The van der Waals surface area contributed by atoms with Crippen LogP contribution < -0.4 is 5.32 Å². The highest BCUT2D eigenvalue weighted by atomic mass is 15.0. The summed E-state index contributed by atoms with van der Waals surface area (Å²) in [5.41, 5.74) is 2.35. The van der Waals surface area contributed by atoms with Crippen LogP contribution in [0, 0.1) is 5.41 Å². The molecule has 0 bridgehead atoms.